The van der Waals surface area contributed by atoms with Crippen LogP contribution in [0.15, 0.2) is 30.3 Å². The molecule has 0 amide bonds. The predicted molar refractivity (Wildman–Crippen MR) is 162 cm³/mol. The molecule has 1 saturated carbocycles. The normalized spacial score (nSPS) is 20.3. The largest absolute Gasteiger partial charge is 0.389 e. The van der Waals surface area contributed by atoms with Crippen molar-refractivity contribution in [1.82, 2.24) is 24.4 Å². The van der Waals surface area contributed by atoms with Crippen molar-refractivity contribution >= 4 is 22.8 Å². The number of rotatable bonds is 11. The molecule has 230 valence electrons. The molecule has 11 heteroatoms. The van der Waals surface area contributed by atoms with Crippen LogP contribution >= 0.6 is 0 Å². The monoisotopic (exact) mass is 585 g/mol. The predicted octanol–water partition coefficient (Wildman–Crippen LogP) is 5.29. The Morgan fingerprint density at radius 1 is 1.05 bits per heavy atom. The lowest BCUT2D eigenvalue weighted by atomic mass is 9.84. The summed E-state index contributed by atoms with van der Waals surface area (Å²) in [4.78, 5) is 18.3. The number of hydrogen-bond donors (Lipinski definition) is 2. The lowest BCUT2D eigenvalue weighted by molar-refractivity contribution is 0.00640. The third kappa shape index (κ3) is 7.54. The van der Waals surface area contributed by atoms with Crippen LogP contribution in [-0.4, -0.2) is 87.1 Å². The van der Waals surface area contributed by atoms with E-state index in [9.17, 15) is 13.9 Å². The lowest BCUT2D eigenvalue weighted by Gasteiger charge is -2.40. The number of para-hydroxylation sites is 2. The summed E-state index contributed by atoms with van der Waals surface area (Å²) in [6, 6.07) is 9.37. The summed E-state index contributed by atoms with van der Waals surface area (Å²) in [5.74, 6) is 2.15. The number of alkyl halides is 2. The average molecular weight is 586 g/mol. The first-order valence-electron chi connectivity index (χ1n) is 15.3. The number of morpholine rings is 1. The molecule has 0 unspecified atom stereocenters. The Labute approximate surface area is 247 Å². The number of hydrogen-bond acceptors (Lipinski definition) is 8. The number of imidazole rings is 1. The molecule has 0 spiro atoms. The van der Waals surface area contributed by atoms with Gasteiger partial charge >= 0.3 is 0 Å². The van der Waals surface area contributed by atoms with Gasteiger partial charge in [0.05, 0.1) is 29.8 Å². The fourth-order valence-corrected chi connectivity index (χ4v) is 6.26. The first-order valence-corrected chi connectivity index (χ1v) is 15.3. The van der Waals surface area contributed by atoms with Crippen LogP contribution in [0.5, 0.6) is 0 Å². The van der Waals surface area contributed by atoms with Gasteiger partial charge in [-0.25, -0.2) is 13.8 Å². The molecule has 1 aliphatic carbocycles. The molecule has 42 heavy (non-hydrogen) atoms. The molecule has 3 heterocycles. The summed E-state index contributed by atoms with van der Waals surface area (Å²) in [6.07, 6.45) is 1.53. The average Bonchev–Trinajstić information content (AvgIpc) is 3.36. The standard InChI is InChI=1S/C31H45F2N7O2/c1-21(2)19-39(20-31(3,4)41)23-11-9-22(10-12-23)18-34-30-36-26(38-13-15-42-16-14-38)17-27(37-30)40-25-8-6-5-7-24(25)35-29(40)28(32)33/h5-8,17,21-23,28,41H,9-16,18-20H2,1-4H3,(H,34,36,37). The molecule has 0 bridgehead atoms. The smallest absolute Gasteiger partial charge is 0.296 e. The Morgan fingerprint density at radius 3 is 2.40 bits per heavy atom. The third-order valence-corrected chi connectivity index (χ3v) is 8.12. The van der Waals surface area contributed by atoms with Crippen LogP contribution in [0.2, 0.25) is 0 Å². The first kappa shape index (κ1) is 30.6. The topological polar surface area (TPSA) is 91.6 Å². The molecule has 2 aliphatic rings. The molecule has 5 rings (SSSR count). The molecule has 3 aromatic rings. The maximum atomic E-state index is 14.2. The molecule has 2 N–H and O–H groups in total. The quantitative estimate of drug-likeness (QED) is 0.314. The van der Waals surface area contributed by atoms with Crippen LogP contribution < -0.4 is 10.2 Å². The summed E-state index contributed by atoms with van der Waals surface area (Å²) in [5, 5.41) is 13.9. The minimum absolute atomic E-state index is 0.330. The van der Waals surface area contributed by atoms with Crippen molar-refractivity contribution in [2.75, 3.05) is 56.2 Å². The number of aliphatic hydroxyl groups is 1. The van der Waals surface area contributed by atoms with Crippen LogP contribution in [0.3, 0.4) is 0 Å². The first-order chi connectivity index (χ1) is 20.1. The number of nitrogens with zero attached hydrogens (tertiary/aromatic N) is 6. The van der Waals surface area contributed by atoms with Gasteiger partial charge in [-0.05, 0) is 63.5 Å². The molecule has 0 atom stereocenters. The van der Waals surface area contributed by atoms with Crippen molar-refractivity contribution in [2.24, 2.45) is 11.8 Å². The molecule has 1 aromatic carbocycles. The van der Waals surface area contributed by atoms with E-state index in [1.54, 1.807) is 24.3 Å². The van der Waals surface area contributed by atoms with Gasteiger partial charge in [0.25, 0.3) is 6.43 Å². The van der Waals surface area contributed by atoms with E-state index in [1.807, 2.05) is 19.9 Å². The third-order valence-electron chi connectivity index (χ3n) is 8.12. The maximum absolute atomic E-state index is 14.2. The lowest BCUT2D eigenvalue weighted by Crippen LogP contribution is -2.47. The van der Waals surface area contributed by atoms with Gasteiger partial charge in [-0.1, -0.05) is 26.0 Å². The van der Waals surface area contributed by atoms with Gasteiger partial charge in [0.2, 0.25) is 5.95 Å². The van der Waals surface area contributed by atoms with Crippen LogP contribution in [0, 0.1) is 11.8 Å². The molecular formula is C31H45F2N7O2. The highest BCUT2D eigenvalue weighted by molar-refractivity contribution is 5.78. The van der Waals surface area contributed by atoms with Crippen LogP contribution in [0.1, 0.15) is 65.6 Å². The summed E-state index contributed by atoms with van der Waals surface area (Å²) < 4.78 is 35.3. The van der Waals surface area contributed by atoms with Crippen molar-refractivity contribution in [1.29, 1.82) is 0 Å². The zero-order valence-electron chi connectivity index (χ0n) is 25.3. The van der Waals surface area contributed by atoms with Crippen LogP contribution in [0.4, 0.5) is 20.5 Å². The number of benzene rings is 1. The van der Waals surface area contributed by atoms with E-state index < -0.39 is 12.0 Å². The van der Waals surface area contributed by atoms with Gasteiger partial charge in [0, 0.05) is 44.8 Å². The van der Waals surface area contributed by atoms with E-state index in [-0.39, 0.29) is 5.82 Å². The van der Waals surface area contributed by atoms with Gasteiger partial charge in [0.1, 0.15) is 11.6 Å². The van der Waals surface area contributed by atoms with Gasteiger partial charge < -0.3 is 20.1 Å². The van der Waals surface area contributed by atoms with E-state index >= 15 is 0 Å². The molecule has 0 radical (unpaired) electrons. The SMILES string of the molecule is CC(C)CN(CC(C)(C)O)C1CCC(CNc2nc(N3CCOCC3)cc(-n3c(C(F)F)nc4ccccc43)n2)CC1. The zero-order chi connectivity index (χ0) is 29.9. The Kier molecular flexibility index (Phi) is 9.59. The van der Waals surface area contributed by atoms with E-state index in [2.05, 4.69) is 33.9 Å². The van der Waals surface area contributed by atoms with E-state index in [0.717, 1.165) is 32.2 Å². The zero-order valence-corrected chi connectivity index (χ0v) is 25.3. The molecule has 1 aliphatic heterocycles. The molecular weight excluding hydrogens is 540 g/mol. The van der Waals surface area contributed by atoms with Crippen molar-refractivity contribution in [2.45, 2.75) is 71.4 Å². The number of nitrogens with one attached hydrogen (secondary N) is 1. The fourth-order valence-electron chi connectivity index (χ4n) is 6.26. The van der Waals surface area contributed by atoms with Gasteiger partial charge in [-0.2, -0.15) is 9.97 Å². The molecule has 2 fully saturated rings. The summed E-state index contributed by atoms with van der Waals surface area (Å²) >= 11 is 0. The number of aromatic nitrogens is 4. The Balaban J connectivity index is 1.34. The second-order valence-corrected chi connectivity index (χ2v) is 12.8. The van der Waals surface area contributed by atoms with Gasteiger partial charge in [-0.3, -0.25) is 9.47 Å². The summed E-state index contributed by atoms with van der Waals surface area (Å²) in [7, 11) is 0. The van der Waals surface area contributed by atoms with Crippen molar-refractivity contribution < 1.29 is 18.6 Å². The van der Waals surface area contributed by atoms with Crippen molar-refractivity contribution in [3.05, 3.63) is 36.2 Å². The Hall–Kier alpha value is -2.89. The number of fused-ring (bicyclic) bond motifs is 1. The van der Waals surface area contributed by atoms with E-state index in [1.165, 1.54) is 4.57 Å². The Bertz CT molecular complexity index is 1310. The Morgan fingerprint density at radius 2 is 1.74 bits per heavy atom. The van der Waals surface area contributed by atoms with Crippen LogP contribution in [-0.2, 0) is 4.74 Å². The minimum atomic E-state index is -2.75. The maximum Gasteiger partial charge on any atom is 0.296 e. The second-order valence-electron chi connectivity index (χ2n) is 12.8. The molecule has 1 saturated heterocycles. The number of halogens is 2. The summed E-state index contributed by atoms with van der Waals surface area (Å²) in [6.45, 7) is 13.1. The van der Waals surface area contributed by atoms with Crippen molar-refractivity contribution in [3.63, 3.8) is 0 Å². The highest BCUT2D eigenvalue weighted by Crippen LogP contribution is 2.31. The van der Waals surface area contributed by atoms with Gasteiger partial charge in [0.15, 0.2) is 5.82 Å². The number of anilines is 2. The van der Waals surface area contributed by atoms with Crippen LogP contribution in [0.25, 0.3) is 16.9 Å². The highest BCUT2D eigenvalue weighted by Gasteiger charge is 2.30. The number of ether oxygens (including phenoxy) is 1. The summed E-state index contributed by atoms with van der Waals surface area (Å²) in [5.41, 5.74) is 0.362. The molecule has 9 nitrogen and oxygen atoms in total. The van der Waals surface area contributed by atoms with E-state index in [0.29, 0.717) is 85.9 Å². The highest BCUT2D eigenvalue weighted by atomic mass is 19.3. The van der Waals surface area contributed by atoms with Gasteiger partial charge in [-0.15, -0.1) is 0 Å². The molecule has 2 aromatic heterocycles. The second kappa shape index (κ2) is 13.2. The fraction of sp³-hybridized carbons (Fsp3) is 0.645. The minimum Gasteiger partial charge on any atom is -0.389 e. The van der Waals surface area contributed by atoms with Crippen molar-refractivity contribution in [3.8, 4) is 5.82 Å². The van der Waals surface area contributed by atoms with E-state index in [4.69, 9.17) is 14.7 Å².